The molecule has 1 heterocycles. The van der Waals surface area contributed by atoms with Crippen molar-refractivity contribution in [3.63, 3.8) is 0 Å². The van der Waals surface area contributed by atoms with Crippen LogP contribution in [0.3, 0.4) is 0 Å². The largest absolute Gasteiger partial charge is 0.351 e. The van der Waals surface area contributed by atoms with Crippen molar-refractivity contribution in [2.45, 2.75) is 12.3 Å². The van der Waals surface area contributed by atoms with Crippen LogP contribution < -0.4 is 5.32 Å². The molecule has 0 radical (unpaired) electrons. The van der Waals surface area contributed by atoms with Crippen molar-refractivity contribution < 1.29 is 4.79 Å². The van der Waals surface area contributed by atoms with Crippen LogP contribution in [0.15, 0.2) is 42.7 Å². The summed E-state index contributed by atoms with van der Waals surface area (Å²) in [4.78, 5) is 15.9. The fraction of sp³-hybridized carbons (Fsp3) is 0.200. The molecule has 1 aromatic heterocycles. The van der Waals surface area contributed by atoms with E-state index >= 15 is 0 Å². The van der Waals surface area contributed by atoms with E-state index in [1.807, 2.05) is 12.1 Å². The molecule has 1 amide bonds. The van der Waals surface area contributed by atoms with Crippen LogP contribution in [0.25, 0.3) is 0 Å². The lowest BCUT2D eigenvalue weighted by atomic mass is 9.77. The minimum atomic E-state index is -0.164. The third-order valence-corrected chi connectivity index (χ3v) is 3.81. The van der Waals surface area contributed by atoms with E-state index in [0.29, 0.717) is 23.0 Å². The van der Waals surface area contributed by atoms with Gasteiger partial charge in [-0.3, -0.25) is 9.78 Å². The predicted octanol–water partition coefficient (Wildman–Crippen LogP) is 2.80. The van der Waals surface area contributed by atoms with Gasteiger partial charge in [0.1, 0.15) is 0 Å². The number of nitrogens with one attached hydrogen (secondary N) is 1. The van der Waals surface area contributed by atoms with Gasteiger partial charge in [0.05, 0.1) is 10.6 Å². The monoisotopic (exact) mass is 272 g/mol. The first kappa shape index (κ1) is 12.2. The van der Waals surface area contributed by atoms with Gasteiger partial charge < -0.3 is 5.32 Å². The summed E-state index contributed by atoms with van der Waals surface area (Å²) in [6.45, 7) is 0.640. The van der Waals surface area contributed by atoms with Crippen LogP contribution in [-0.2, 0) is 6.42 Å². The zero-order valence-corrected chi connectivity index (χ0v) is 11.0. The van der Waals surface area contributed by atoms with Crippen LogP contribution in [0.2, 0.25) is 5.02 Å². The van der Waals surface area contributed by atoms with E-state index in [1.165, 1.54) is 17.3 Å². The van der Waals surface area contributed by atoms with Gasteiger partial charge >= 0.3 is 0 Å². The van der Waals surface area contributed by atoms with Crippen molar-refractivity contribution >= 4 is 17.5 Å². The quantitative estimate of drug-likeness (QED) is 0.934. The fourth-order valence-corrected chi connectivity index (χ4v) is 2.59. The minimum Gasteiger partial charge on any atom is -0.351 e. The summed E-state index contributed by atoms with van der Waals surface area (Å²) in [6.07, 6.45) is 4.09. The third-order valence-electron chi connectivity index (χ3n) is 3.48. The van der Waals surface area contributed by atoms with Crippen molar-refractivity contribution in [3.05, 3.63) is 64.4 Å². The molecule has 1 aliphatic rings. The number of rotatable bonds is 3. The molecule has 2 aromatic rings. The van der Waals surface area contributed by atoms with E-state index in [0.717, 1.165) is 6.42 Å². The third kappa shape index (κ3) is 2.34. The Morgan fingerprint density at radius 3 is 3.00 bits per heavy atom. The molecular weight excluding hydrogens is 260 g/mol. The number of carbonyl (C=O) groups is 1. The smallest absolute Gasteiger partial charge is 0.254 e. The van der Waals surface area contributed by atoms with Crippen molar-refractivity contribution in [2.24, 2.45) is 0 Å². The molecule has 0 saturated heterocycles. The van der Waals surface area contributed by atoms with Gasteiger partial charge in [0, 0.05) is 24.9 Å². The predicted molar refractivity (Wildman–Crippen MR) is 74.5 cm³/mol. The van der Waals surface area contributed by atoms with Gasteiger partial charge in [0.2, 0.25) is 0 Å². The second kappa shape index (κ2) is 5.02. The van der Waals surface area contributed by atoms with Gasteiger partial charge in [0.25, 0.3) is 5.91 Å². The fourth-order valence-electron chi connectivity index (χ4n) is 2.40. The number of fused-ring (bicyclic) bond motifs is 1. The molecule has 1 atom stereocenters. The molecule has 0 fully saturated rings. The maximum absolute atomic E-state index is 12.0. The minimum absolute atomic E-state index is 0.164. The first-order valence-corrected chi connectivity index (χ1v) is 6.59. The average Bonchev–Trinajstić information content (AvgIpc) is 2.40. The van der Waals surface area contributed by atoms with Gasteiger partial charge in [-0.05, 0) is 23.6 Å². The molecule has 4 heteroatoms. The second-order valence-electron chi connectivity index (χ2n) is 4.67. The van der Waals surface area contributed by atoms with Crippen molar-refractivity contribution in [3.8, 4) is 0 Å². The number of nitrogens with zero attached hydrogens (tertiary/aromatic N) is 1. The Balaban J connectivity index is 1.63. The lowest BCUT2D eigenvalue weighted by Gasteiger charge is -2.30. The number of pyridine rings is 1. The van der Waals surface area contributed by atoms with E-state index in [9.17, 15) is 4.79 Å². The highest BCUT2D eigenvalue weighted by Gasteiger charge is 2.25. The summed E-state index contributed by atoms with van der Waals surface area (Å²) < 4.78 is 0. The first-order chi connectivity index (χ1) is 9.25. The SMILES string of the molecule is O=C(NCC1Cc2ccccc21)c1cnccc1Cl. The van der Waals surface area contributed by atoms with E-state index in [-0.39, 0.29) is 5.91 Å². The van der Waals surface area contributed by atoms with Gasteiger partial charge in [0.15, 0.2) is 0 Å². The number of hydrogen-bond donors (Lipinski definition) is 1. The van der Waals surface area contributed by atoms with Crippen molar-refractivity contribution in [1.82, 2.24) is 10.3 Å². The number of amides is 1. The molecule has 19 heavy (non-hydrogen) atoms. The summed E-state index contributed by atoms with van der Waals surface area (Å²) in [5.41, 5.74) is 3.14. The van der Waals surface area contributed by atoms with Crippen LogP contribution >= 0.6 is 11.6 Å². The highest BCUT2D eigenvalue weighted by Crippen LogP contribution is 2.34. The average molecular weight is 273 g/mol. The highest BCUT2D eigenvalue weighted by atomic mass is 35.5. The molecule has 3 rings (SSSR count). The Kier molecular flexibility index (Phi) is 3.22. The molecule has 1 N–H and O–H groups in total. The lowest BCUT2D eigenvalue weighted by Crippen LogP contribution is -2.33. The van der Waals surface area contributed by atoms with Crippen LogP contribution in [-0.4, -0.2) is 17.4 Å². The normalized spacial score (nSPS) is 16.4. The summed E-state index contributed by atoms with van der Waals surface area (Å²) in [7, 11) is 0. The van der Waals surface area contributed by atoms with E-state index in [1.54, 1.807) is 12.3 Å². The molecule has 96 valence electrons. The Hall–Kier alpha value is -1.87. The summed E-state index contributed by atoms with van der Waals surface area (Å²) in [5.74, 6) is 0.248. The number of hydrogen-bond acceptors (Lipinski definition) is 2. The molecule has 1 aliphatic carbocycles. The zero-order valence-electron chi connectivity index (χ0n) is 10.3. The maximum Gasteiger partial charge on any atom is 0.254 e. The number of benzene rings is 1. The van der Waals surface area contributed by atoms with Gasteiger partial charge in [-0.15, -0.1) is 0 Å². The number of aromatic nitrogens is 1. The molecule has 1 aromatic carbocycles. The van der Waals surface area contributed by atoms with Crippen LogP contribution in [0.4, 0.5) is 0 Å². The molecule has 0 saturated carbocycles. The maximum atomic E-state index is 12.0. The number of carbonyl (C=O) groups excluding carboxylic acids is 1. The Morgan fingerprint density at radius 2 is 2.21 bits per heavy atom. The molecule has 0 bridgehead atoms. The van der Waals surface area contributed by atoms with E-state index in [4.69, 9.17) is 11.6 Å². The Morgan fingerprint density at radius 1 is 1.37 bits per heavy atom. The second-order valence-corrected chi connectivity index (χ2v) is 5.07. The summed E-state index contributed by atoms with van der Waals surface area (Å²) in [6, 6.07) is 9.95. The topological polar surface area (TPSA) is 42.0 Å². The van der Waals surface area contributed by atoms with Crippen molar-refractivity contribution in [2.75, 3.05) is 6.54 Å². The van der Waals surface area contributed by atoms with Gasteiger partial charge in [-0.2, -0.15) is 0 Å². The Labute approximate surface area is 116 Å². The zero-order chi connectivity index (χ0) is 13.2. The van der Waals surface area contributed by atoms with Gasteiger partial charge in [-0.1, -0.05) is 35.9 Å². The van der Waals surface area contributed by atoms with Crippen molar-refractivity contribution in [1.29, 1.82) is 0 Å². The first-order valence-electron chi connectivity index (χ1n) is 6.21. The standard InChI is InChI=1S/C15H13ClN2O/c16-14-5-6-17-9-13(14)15(19)18-8-11-7-10-3-1-2-4-12(10)11/h1-6,9,11H,7-8H2,(H,18,19). The van der Waals surface area contributed by atoms with Gasteiger partial charge in [-0.25, -0.2) is 0 Å². The number of halogens is 1. The highest BCUT2D eigenvalue weighted by molar-refractivity contribution is 6.33. The van der Waals surface area contributed by atoms with Crippen LogP contribution in [0.1, 0.15) is 27.4 Å². The Bertz CT molecular complexity index is 627. The summed E-state index contributed by atoms with van der Waals surface area (Å²) >= 11 is 5.96. The summed E-state index contributed by atoms with van der Waals surface area (Å²) in [5, 5.41) is 3.35. The van der Waals surface area contributed by atoms with E-state index < -0.39 is 0 Å². The van der Waals surface area contributed by atoms with Crippen LogP contribution in [0.5, 0.6) is 0 Å². The molecular formula is C15H13ClN2O. The van der Waals surface area contributed by atoms with Crippen LogP contribution in [0, 0.1) is 0 Å². The van der Waals surface area contributed by atoms with E-state index in [2.05, 4.69) is 22.4 Å². The molecule has 0 spiro atoms. The lowest BCUT2D eigenvalue weighted by molar-refractivity contribution is 0.0950. The molecule has 1 unspecified atom stereocenters. The molecule has 3 nitrogen and oxygen atoms in total. The molecule has 0 aliphatic heterocycles.